The number of rotatable bonds is 9. The molecule has 1 amide bonds. The molecule has 0 radical (unpaired) electrons. The Hall–Kier alpha value is -2.03. The highest BCUT2D eigenvalue weighted by atomic mass is 19.1. The lowest BCUT2D eigenvalue weighted by Gasteiger charge is -2.34. The van der Waals surface area contributed by atoms with Crippen molar-refractivity contribution in [3.8, 4) is 0 Å². The molecule has 2 unspecified atom stereocenters. The lowest BCUT2D eigenvalue weighted by Crippen LogP contribution is -2.50. The minimum atomic E-state index is -0.880. The highest BCUT2D eigenvalue weighted by Crippen LogP contribution is 2.22. The third-order valence-electron chi connectivity index (χ3n) is 4.72. The zero-order valence-electron chi connectivity index (χ0n) is 16.7. The molecule has 2 N–H and O–H groups in total. The van der Waals surface area contributed by atoms with Gasteiger partial charge >= 0.3 is 5.97 Å². The summed E-state index contributed by atoms with van der Waals surface area (Å²) in [4.78, 5) is 27.1. The summed E-state index contributed by atoms with van der Waals surface area (Å²) >= 11 is 0. The molecular formula is C20H30FN3O4. The van der Waals surface area contributed by atoms with Crippen LogP contribution in [0.5, 0.6) is 0 Å². The lowest BCUT2D eigenvalue weighted by atomic mass is 9.96. The van der Waals surface area contributed by atoms with Crippen LogP contribution in [0, 0.1) is 11.7 Å². The zero-order valence-corrected chi connectivity index (χ0v) is 16.7. The summed E-state index contributed by atoms with van der Waals surface area (Å²) in [5, 5.41) is 11.9. The van der Waals surface area contributed by atoms with Gasteiger partial charge in [0.2, 0.25) is 5.91 Å². The number of hydrogen-bond donors (Lipinski definition) is 2. The second kappa shape index (κ2) is 10.5. The number of amides is 1. The Labute approximate surface area is 165 Å². The number of carbonyl (C=O) groups excluding carboxylic acids is 1. The molecule has 2 rings (SSSR count). The van der Waals surface area contributed by atoms with E-state index in [0.29, 0.717) is 26.2 Å². The van der Waals surface area contributed by atoms with Gasteiger partial charge in [0.25, 0.3) is 0 Å². The molecular weight excluding hydrogens is 365 g/mol. The third kappa shape index (κ3) is 7.18. The highest BCUT2D eigenvalue weighted by Gasteiger charge is 2.25. The van der Waals surface area contributed by atoms with Gasteiger partial charge in [0.15, 0.2) is 0 Å². The maximum absolute atomic E-state index is 13.2. The van der Waals surface area contributed by atoms with Gasteiger partial charge in [-0.3, -0.25) is 19.4 Å². The Kier molecular flexibility index (Phi) is 8.35. The first-order chi connectivity index (χ1) is 13.2. The Morgan fingerprint density at radius 1 is 1.36 bits per heavy atom. The standard InChI is InChI=1S/C20H30FN3O4/c1-14(2)20(15-4-6-16(21)7-5-15)22-18(25)12-24-8-9-28-17(11-24)10-23(3)13-19(26)27/h4-7,14,17,20H,8-13H2,1-3H3,(H,22,25)(H,26,27). The van der Waals surface area contributed by atoms with Crippen LogP contribution in [-0.4, -0.2) is 79.3 Å². The molecule has 8 heteroatoms. The number of carboxylic acids is 1. The van der Waals surface area contributed by atoms with Gasteiger partial charge in [-0.25, -0.2) is 4.39 Å². The number of nitrogens with zero attached hydrogens (tertiary/aromatic N) is 2. The summed E-state index contributed by atoms with van der Waals surface area (Å²) in [6.45, 7) is 6.44. The predicted octanol–water partition coefficient (Wildman–Crippen LogP) is 1.36. The summed E-state index contributed by atoms with van der Waals surface area (Å²) < 4.78 is 18.9. The van der Waals surface area contributed by atoms with Crippen LogP contribution in [0.3, 0.4) is 0 Å². The summed E-state index contributed by atoms with van der Waals surface area (Å²) in [5.74, 6) is -1.11. The van der Waals surface area contributed by atoms with E-state index in [-0.39, 0.29) is 42.9 Å². The number of hydrogen-bond acceptors (Lipinski definition) is 5. The van der Waals surface area contributed by atoms with Crippen molar-refractivity contribution in [2.24, 2.45) is 5.92 Å². The van der Waals surface area contributed by atoms with Crippen molar-refractivity contribution in [3.63, 3.8) is 0 Å². The maximum atomic E-state index is 13.2. The predicted molar refractivity (Wildman–Crippen MR) is 103 cm³/mol. The fraction of sp³-hybridized carbons (Fsp3) is 0.600. The number of aliphatic carboxylic acids is 1. The summed E-state index contributed by atoms with van der Waals surface area (Å²) in [7, 11) is 1.74. The maximum Gasteiger partial charge on any atom is 0.317 e. The van der Waals surface area contributed by atoms with Crippen molar-refractivity contribution in [2.45, 2.75) is 26.0 Å². The molecule has 2 atom stereocenters. The van der Waals surface area contributed by atoms with Crippen LogP contribution in [0.15, 0.2) is 24.3 Å². The molecule has 1 aromatic rings. The van der Waals surface area contributed by atoms with Gasteiger partial charge in [-0.05, 0) is 30.7 Å². The van der Waals surface area contributed by atoms with Gasteiger partial charge in [-0.15, -0.1) is 0 Å². The van der Waals surface area contributed by atoms with E-state index in [4.69, 9.17) is 9.84 Å². The highest BCUT2D eigenvalue weighted by molar-refractivity contribution is 5.78. The van der Waals surface area contributed by atoms with Gasteiger partial charge in [-0.1, -0.05) is 26.0 Å². The first-order valence-electron chi connectivity index (χ1n) is 9.53. The number of morpholine rings is 1. The molecule has 0 spiro atoms. The van der Waals surface area contributed by atoms with E-state index in [1.165, 1.54) is 12.1 Å². The SMILES string of the molecule is CC(C)C(NC(=O)CN1CCOC(CN(C)CC(=O)O)C1)c1ccc(F)cc1. The van der Waals surface area contributed by atoms with Crippen molar-refractivity contribution in [3.05, 3.63) is 35.6 Å². The van der Waals surface area contributed by atoms with Crippen LogP contribution >= 0.6 is 0 Å². The molecule has 1 aliphatic heterocycles. The molecule has 0 aliphatic carbocycles. The molecule has 1 aromatic carbocycles. The van der Waals surface area contributed by atoms with Crippen LogP contribution in [0.4, 0.5) is 4.39 Å². The van der Waals surface area contributed by atoms with Gasteiger partial charge in [0.05, 0.1) is 31.8 Å². The minimum absolute atomic E-state index is 0.0475. The van der Waals surface area contributed by atoms with E-state index in [9.17, 15) is 14.0 Å². The van der Waals surface area contributed by atoms with Crippen molar-refractivity contribution in [1.82, 2.24) is 15.1 Å². The molecule has 28 heavy (non-hydrogen) atoms. The van der Waals surface area contributed by atoms with Crippen LogP contribution in [0.25, 0.3) is 0 Å². The quantitative estimate of drug-likeness (QED) is 0.657. The molecule has 1 saturated heterocycles. The van der Waals surface area contributed by atoms with Gasteiger partial charge in [-0.2, -0.15) is 0 Å². The minimum Gasteiger partial charge on any atom is -0.480 e. The third-order valence-corrected chi connectivity index (χ3v) is 4.72. The molecule has 0 bridgehead atoms. The van der Waals surface area contributed by atoms with Crippen molar-refractivity contribution in [1.29, 1.82) is 0 Å². The summed E-state index contributed by atoms with van der Waals surface area (Å²) in [6, 6.07) is 6.01. The smallest absolute Gasteiger partial charge is 0.317 e. The van der Waals surface area contributed by atoms with Crippen molar-refractivity contribution >= 4 is 11.9 Å². The zero-order chi connectivity index (χ0) is 20.7. The lowest BCUT2D eigenvalue weighted by molar-refractivity contribution is -0.138. The Bertz CT molecular complexity index is 653. The average Bonchev–Trinajstić information content (AvgIpc) is 2.60. The topological polar surface area (TPSA) is 82.1 Å². The second-order valence-electron chi connectivity index (χ2n) is 7.66. The van der Waals surface area contributed by atoms with Crippen LogP contribution in [0.2, 0.25) is 0 Å². The van der Waals surface area contributed by atoms with E-state index < -0.39 is 5.97 Å². The molecule has 156 valence electrons. The molecule has 0 saturated carbocycles. The fourth-order valence-electron chi connectivity index (χ4n) is 3.40. The number of carbonyl (C=O) groups is 2. The number of ether oxygens (including phenoxy) is 1. The Morgan fingerprint density at radius 3 is 2.64 bits per heavy atom. The number of benzene rings is 1. The summed E-state index contributed by atoms with van der Waals surface area (Å²) in [6.07, 6.45) is -0.135. The van der Waals surface area contributed by atoms with E-state index in [1.54, 1.807) is 24.1 Å². The Balaban J connectivity index is 1.88. The van der Waals surface area contributed by atoms with Crippen molar-refractivity contribution in [2.75, 3.05) is 46.4 Å². The van der Waals surface area contributed by atoms with E-state index in [2.05, 4.69) is 5.32 Å². The van der Waals surface area contributed by atoms with E-state index in [1.807, 2.05) is 18.7 Å². The molecule has 1 fully saturated rings. The van der Waals surface area contributed by atoms with Crippen LogP contribution < -0.4 is 5.32 Å². The van der Waals surface area contributed by atoms with Crippen LogP contribution in [0.1, 0.15) is 25.5 Å². The normalized spacial score (nSPS) is 19.0. The summed E-state index contributed by atoms with van der Waals surface area (Å²) in [5.41, 5.74) is 0.875. The largest absolute Gasteiger partial charge is 0.480 e. The number of halogens is 1. The van der Waals surface area contributed by atoms with Gasteiger partial charge < -0.3 is 15.2 Å². The van der Waals surface area contributed by atoms with E-state index in [0.717, 1.165) is 5.56 Å². The second-order valence-corrected chi connectivity index (χ2v) is 7.66. The first kappa shape index (κ1) is 22.3. The molecule has 1 aliphatic rings. The first-order valence-corrected chi connectivity index (χ1v) is 9.53. The van der Waals surface area contributed by atoms with E-state index >= 15 is 0 Å². The van der Waals surface area contributed by atoms with Crippen LogP contribution in [-0.2, 0) is 14.3 Å². The number of nitrogens with one attached hydrogen (secondary N) is 1. The number of likely N-dealkylation sites (N-methyl/N-ethyl adjacent to an activating group) is 1. The monoisotopic (exact) mass is 395 g/mol. The fourth-order valence-corrected chi connectivity index (χ4v) is 3.40. The molecule has 0 aromatic heterocycles. The van der Waals surface area contributed by atoms with Gasteiger partial charge in [0.1, 0.15) is 5.82 Å². The van der Waals surface area contributed by atoms with Crippen molar-refractivity contribution < 1.29 is 23.8 Å². The average molecular weight is 395 g/mol. The Morgan fingerprint density at radius 2 is 2.04 bits per heavy atom. The molecule has 7 nitrogen and oxygen atoms in total. The molecule has 1 heterocycles. The number of carboxylic acid groups (broad SMARTS) is 1. The van der Waals surface area contributed by atoms with Gasteiger partial charge in [0, 0.05) is 19.6 Å².